The van der Waals surface area contributed by atoms with Crippen LogP contribution in [-0.4, -0.2) is 36.2 Å². The van der Waals surface area contributed by atoms with Crippen molar-refractivity contribution in [3.8, 4) is 12.3 Å². The first kappa shape index (κ1) is 11.9. The molecule has 0 spiro atoms. The first-order chi connectivity index (χ1) is 6.11. The molecule has 0 saturated heterocycles. The molecule has 3 N–H and O–H groups in total. The molecule has 2 atom stereocenters. The molecule has 4 heteroatoms. The van der Waals surface area contributed by atoms with Gasteiger partial charge in [-0.25, -0.2) is 0 Å². The molecule has 74 valence electrons. The molecule has 13 heavy (non-hydrogen) atoms. The van der Waals surface area contributed by atoms with Crippen LogP contribution in [0.15, 0.2) is 0 Å². The fourth-order valence-electron chi connectivity index (χ4n) is 0.846. The van der Waals surface area contributed by atoms with Gasteiger partial charge in [0.25, 0.3) is 0 Å². The highest BCUT2D eigenvalue weighted by Crippen LogP contribution is 1.86. The Morgan fingerprint density at radius 2 is 2.23 bits per heavy atom. The van der Waals surface area contributed by atoms with Crippen LogP contribution in [0, 0.1) is 12.3 Å². The van der Waals surface area contributed by atoms with E-state index >= 15 is 0 Å². The monoisotopic (exact) mass is 184 g/mol. The van der Waals surface area contributed by atoms with Crippen molar-refractivity contribution in [3.05, 3.63) is 0 Å². The third kappa shape index (κ3) is 5.23. The summed E-state index contributed by atoms with van der Waals surface area (Å²) in [6.07, 6.45) is 4.98. The largest absolute Gasteiger partial charge is 0.395 e. The summed E-state index contributed by atoms with van der Waals surface area (Å²) in [5.41, 5.74) is 0. The highest BCUT2D eigenvalue weighted by molar-refractivity contribution is 5.81. The normalized spacial score (nSPS) is 14.3. The maximum Gasteiger partial charge on any atom is 0.237 e. The molecule has 2 unspecified atom stereocenters. The molecule has 0 fully saturated rings. The molecule has 0 saturated carbocycles. The van der Waals surface area contributed by atoms with Crippen molar-refractivity contribution >= 4 is 5.91 Å². The van der Waals surface area contributed by atoms with Gasteiger partial charge < -0.3 is 15.7 Å². The lowest BCUT2D eigenvalue weighted by Gasteiger charge is -2.16. The molecule has 0 aromatic heterocycles. The first-order valence-electron chi connectivity index (χ1n) is 4.20. The van der Waals surface area contributed by atoms with Gasteiger partial charge in [-0.1, -0.05) is 5.92 Å². The number of nitrogens with one attached hydrogen (secondary N) is 2. The van der Waals surface area contributed by atoms with E-state index in [1.54, 1.807) is 13.8 Å². The number of hydrogen-bond acceptors (Lipinski definition) is 3. The molecule has 0 aliphatic heterocycles. The molecule has 0 heterocycles. The van der Waals surface area contributed by atoms with Gasteiger partial charge in [0, 0.05) is 6.04 Å². The van der Waals surface area contributed by atoms with Gasteiger partial charge in [0.15, 0.2) is 0 Å². The highest BCUT2D eigenvalue weighted by Gasteiger charge is 2.13. The molecule has 0 bridgehead atoms. The summed E-state index contributed by atoms with van der Waals surface area (Å²) >= 11 is 0. The summed E-state index contributed by atoms with van der Waals surface area (Å²) in [4.78, 5) is 11.2. The van der Waals surface area contributed by atoms with Crippen LogP contribution in [0.5, 0.6) is 0 Å². The van der Waals surface area contributed by atoms with Crippen LogP contribution in [-0.2, 0) is 4.79 Å². The van der Waals surface area contributed by atoms with E-state index in [4.69, 9.17) is 11.5 Å². The van der Waals surface area contributed by atoms with Crippen LogP contribution in [0.2, 0.25) is 0 Å². The average molecular weight is 184 g/mol. The Bertz CT molecular complexity index is 198. The van der Waals surface area contributed by atoms with Crippen LogP contribution < -0.4 is 10.6 Å². The maximum absolute atomic E-state index is 11.2. The molecule has 4 nitrogen and oxygen atoms in total. The number of hydrogen-bond donors (Lipinski definition) is 3. The summed E-state index contributed by atoms with van der Waals surface area (Å²) < 4.78 is 0. The van der Waals surface area contributed by atoms with Crippen molar-refractivity contribution in [1.82, 2.24) is 10.6 Å². The number of aliphatic hydroxyl groups excluding tert-OH is 1. The van der Waals surface area contributed by atoms with E-state index in [2.05, 4.69) is 16.6 Å². The maximum atomic E-state index is 11.2. The van der Waals surface area contributed by atoms with Gasteiger partial charge in [0.05, 0.1) is 19.2 Å². The standard InChI is InChI=1S/C9H16N2O2/c1-4-5-10-9(13)8(3)11-7(2)6-12/h1,7-8,11-12H,5-6H2,2-3H3,(H,10,13). The zero-order chi connectivity index (χ0) is 10.3. The Balaban J connectivity index is 3.76. The summed E-state index contributed by atoms with van der Waals surface area (Å²) in [7, 11) is 0. The average Bonchev–Trinajstić information content (AvgIpc) is 2.13. The van der Waals surface area contributed by atoms with E-state index in [0.717, 1.165) is 0 Å². The number of aliphatic hydroxyl groups is 1. The Kier molecular flexibility index (Phi) is 5.94. The van der Waals surface area contributed by atoms with E-state index in [-0.39, 0.29) is 31.1 Å². The third-order valence-corrected chi connectivity index (χ3v) is 1.57. The molecular weight excluding hydrogens is 168 g/mol. The quantitative estimate of drug-likeness (QED) is 0.485. The predicted octanol–water partition coefficient (Wildman–Crippen LogP) is -0.905. The second kappa shape index (κ2) is 6.46. The second-order valence-corrected chi connectivity index (χ2v) is 2.89. The molecule has 0 radical (unpaired) electrons. The van der Waals surface area contributed by atoms with Crippen molar-refractivity contribution in [3.63, 3.8) is 0 Å². The minimum absolute atomic E-state index is 0.00671. The van der Waals surface area contributed by atoms with Crippen LogP contribution in [0.4, 0.5) is 0 Å². The van der Waals surface area contributed by atoms with Crippen molar-refractivity contribution < 1.29 is 9.90 Å². The van der Waals surface area contributed by atoms with Crippen molar-refractivity contribution in [2.75, 3.05) is 13.2 Å². The zero-order valence-corrected chi connectivity index (χ0v) is 8.00. The topological polar surface area (TPSA) is 61.4 Å². The molecule has 0 rings (SSSR count). The number of terminal acetylenes is 1. The van der Waals surface area contributed by atoms with E-state index in [1.165, 1.54) is 0 Å². The van der Waals surface area contributed by atoms with Gasteiger partial charge in [-0.15, -0.1) is 6.42 Å². The summed E-state index contributed by atoms with van der Waals surface area (Å²) in [5, 5.41) is 14.2. The summed E-state index contributed by atoms with van der Waals surface area (Å²) in [6.45, 7) is 3.76. The van der Waals surface area contributed by atoms with E-state index < -0.39 is 0 Å². The number of rotatable bonds is 5. The molecular formula is C9H16N2O2. The van der Waals surface area contributed by atoms with Gasteiger partial charge in [-0.05, 0) is 13.8 Å². The Morgan fingerprint density at radius 3 is 2.69 bits per heavy atom. The minimum Gasteiger partial charge on any atom is -0.395 e. The van der Waals surface area contributed by atoms with Gasteiger partial charge in [-0.3, -0.25) is 4.79 Å². The lowest BCUT2D eigenvalue weighted by atomic mass is 10.2. The van der Waals surface area contributed by atoms with Crippen LogP contribution in [0.3, 0.4) is 0 Å². The minimum atomic E-state index is -0.338. The van der Waals surface area contributed by atoms with Gasteiger partial charge in [0.1, 0.15) is 0 Å². The van der Waals surface area contributed by atoms with E-state index in [9.17, 15) is 4.79 Å². The molecule has 0 aliphatic rings. The van der Waals surface area contributed by atoms with E-state index in [1.807, 2.05) is 0 Å². The smallest absolute Gasteiger partial charge is 0.237 e. The molecule has 1 amide bonds. The van der Waals surface area contributed by atoms with Crippen LogP contribution in [0.25, 0.3) is 0 Å². The van der Waals surface area contributed by atoms with Crippen molar-refractivity contribution in [1.29, 1.82) is 0 Å². The number of amides is 1. The summed E-state index contributed by atoms with van der Waals surface area (Å²) in [5.74, 6) is 2.16. The van der Waals surface area contributed by atoms with Crippen molar-refractivity contribution in [2.24, 2.45) is 0 Å². The highest BCUT2D eigenvalue weighted by atomic mass is 16.3. The molecule has 0 aromatic carbocycles. The Labute approximate surface area is 78.7 Å². The fraction of sp³-hybridized carbons (Fsp3) is 0.667. The Morgan fingerprint density at radius 1 is 1.62 bits per heavy atom. The lowest BCUT2D eigenvalue weighted by molar-refractivity contribution is -0.122. The SMILES string of the molecule is C#CCNC(=O)C(C)NC(C)CO. The Hall–Kier alpha value is -1.05. The van der Waals surface area contributed by atoms with E-state index in [0.29, 0.717) is 0 Å². The van der Waals surface area contributed by atoms with Gasteiger partial charge in [0.2, 0.25) is 5.91 Å². The third-order valence-electron chi connectivity index (χ3n) is 1.57. The first-order valence-corrected chi connectivity index (χ1v) is 4.20. The van der Waals surface area contributed by atoms with Crippen LogP contribution in [0.1, 0.15) is 13.8 Å². The van der Waals surface area contributed by atoms with Crippen molar-refractivity contribution in [2.45, 2.75) is 25.9 Å². The molecule has 0 aromatic rings. The fourth-order valence-corrected chi connectivity index (χ4v) is 0.846. The van der Waals surface area contributed by atoms with Gasteiger partial charge in [-0.2, -0.15) is 0 Å². The number of carbonyl (C=O) groups excluding carboxylic acids is 1. The van der Waals surface area contributed by atoms with Crippen LogP contribution >= 0.6 is 0 Å². The second-order valence-electron chi connectivity index (χ2n) is 2.89. The molecule has 0 aliphatic carbocycles. The summed E-state index contributed by atoms with van der Waals surface area (Å²) in [6, 6.07) is -0.429. The lowest BCUT2D eigenvalue weighted by Crippen LogP contribution is -2.46. The van der Waals surface area contributed by atoms with Gasteiger partial charge >= 0.3 is 0 Å². The zero-order valence-electron chi connectivity index (χ0n) is 8.00. The number of carbonyl (C=O) groups is 1. The predicted molar refractivity (Wildman–Crippen MR) is 51.0 cm³/mol.